The number of fused-ring (bicyclic) bond motifs is 1. The van der Waals surface area contributed by atoms with Gasteiger partial charge in [-0.1, -0.05) is 34.9 Å². The van der Waals surface area contributed by atoms with Crippen molar-refractivity contribution in [1.82, 2.24) is 4.98 Å². The minimum absolute atomic E-state index is 0.153. The summed E-state index contributed by atoms with van der Waals surface area (Å²) in [5.41, 5.74) is 5.53. The molecule has 4 rings (SSSR count). The van der Waals surface area contributed by atoms with Crippen molar-refractivity contribution in [3.05, 3.63) is 82.4 Å². The molecule has 0 fully saturated rings. The van der Waals surface area contributed by atoms with Crippen molar-refractivity contribution in [2.45, 2.75) is 13.8 Å². The summed E-state index contributed by atoms with van der Waals surface area (Å²) in [5.74, 6) is 0.338. The lowest BCUT2D eigenvalue weighted by Gasteiger charge is -2.07. The number of oxazole rings is 1. The molecule has 1 N–H and O–H groups in total. The molecule has 1 aromatic heterocycles. The maximum Gasteiger partial charge on any atom is 0.255 e. The fourth-order valence-corrected chi connectivity index (χ4v) is 3.25. The number of rotatable bonds is 3. The van der Waals surface area contributed by atoms with Crippen LogP contribution < -0.4 is 5.32 Å². The van der Waals surface area contributed by atoms with E-state index in [2.05, 4.69) is 10.3 Å². The van der Waals surface area contributed by atoms with Gasteiger partial charge in [-0.3, -0.25) is 4.79 Å². The Morgan fingerprint density at radius 3 is 2.52 bits per heavy atom. The lowest BCUT2D eigenvalue weighted by Crippen LogP contribution is -2.12. The topological polar surface area (TPSA) is 55.1 Å². The van der Waals surface area contributed by atoms with Gasteiger partial charge in [-0.15, -0.1) is 0 Å². The molecular formula is C22H17ClN2O2. The van der Waals surface area contributed by atoms with E-state index in [1.54, 1.807) is 30.3 Å². The van der Waals surface area contributed by atoms with Gasteiger partial charge in [0.2, 0.25) is 5.89 Å². The Hall–Kier alpha value is -3.11. The molecule has 0 radical (unpaired) electrons. The summed E-state index contributed by atoms with van der Waals surface area (Å²) in [6.07, 6.45) is 0. The molecule has 0 saturated heterocycles. The number of carbonyl (C=O) groups excluding carboxylic acids is 1. The van der Waals surface area contributed by atoms with Crippen LogP contribution in [-0.2, 0) is 0 Å². The molecule has 5 heteroatoms. The Kier molecular flexibility index (Phi) is 4.42. The van der Waals surface area contributed by atoms with Crippen molar-refractivity contribution in [2.24, 2.45) is 0 Å². The molecule has 0 bridgehead atoms. The van der Waals surface area contributed by atoms with Gasteiger partial charge in [-0.25, -0.2) is 4.98 Å². The summed E-state index contributed by atoms with van der Waals surface area (Å²) in [4.78, 5) is 17.1. The third-order valence-electron chi connectivity index (χ3n) is 4.20. The molecule has 1 amide bonds. The molecule has 0 saturated carbocycles. The normalized spacial score (nSPS) is 10.9. The maximum absolute atomic E-state index is 12.5. The van der Waals surface area contributed by atoms with Crippen LogP contribution in [0.1, 0.15) is 21.5 Å². The Morgan fingerprint density at radius 2 is 1.78 bits per heavy atom. The fraction of sp³-hybridized carbons (Fsp3) is 0.0909. The Labute approximate surface area is 161 Å². The predicted molar refractivity (Wildman–Crippen MR) is 108 cm³/mol. The molecule has 0 aliphatic heterocycles. The van der Waals surface area contributed by atoms with E-state index >= 15 is 0 Å². The molecule has 0 atom stereocenters. The van der Waals surface area contributed by atoms with Gasteiger partial charge in [-0.05, 0) is 62.4 Å². The molecule has 134 valence electrons. The predicted octanol–water partition coefficient (Wildman–Crippen LogP) is 6.02. The molecule has 0 unspecified atom stereocenters. The largest absolute Gasteiger partial charge is 0.436 e. The second-order valence-electron chi connectivity index (χ2n) is 6.54. The highest BCUT2D eigenvalue weighted by molar-refractivity contribution is 6.30. The summed E-state index contributed by atoms with van der Waals surface area (Å²) in [6, 6.07) is 18.5. The first-order valence-corrected chi connectivity index (χ1v) is 8.92. The van der Waals surface area contributed by atoms with Crippen molar-refractivity contribution >= 4 is 34.3 Å². The SMILES string of the molecule is Cc1cc(C)cc(C(=O)Nc2ccc3oc(-c4cccc(Cl)c4)nc3c2)c1. The van der Waals surface area contributed by atoms with Gasteiger partial charge in [0.1, 0.15) is 5.52 Å². The van der Waals surface area contributed by atoms with Crippen molar-refractivity contribution in [3.8, 4) is 11.5 Å². The van der Waals surface area contributed by atoms with Crippen LogP contribution in [0.3, 0.4) is 0 Å². The summed E-state index contributed by atoms with van der Waals surface area (Å²) in [5, 5.41) is 3.54. The number of halogens is 1. The molecule has 1 heterocycles. The molecule has 0 aliphatic rings. The van der Waals surface area contributed by atoms with Crippen LogP contribution in [0, 0.1) is 13.8 Å². The first-order valence-electron chi connectivity index (χ1n) is 8.54. The van der Waals surface area contributed by atoms with Crippen LogP contribution in [0.5, 0.6) is 0 Å². The van der Waals surface area contributed by atoms with Crippen LogP contribution in [0.25, 0.3) is 22.6 Å². The van der Waals surface area contributed by atoms with Crippen molar-refractivity contribution < 1.29 is 9.21 Å². The van der Waals surface area contributed by atoms with Crippen LogP contribution in [0.2, 0.25) is 5.02 Å². The number of benzene rings is 3. The average molecular weight is 377 g/mol. The van der Waals surface area contributed by atoms with Crippen molar-refractivity contribution in [2.75, 3.05) is 5.32 Å². The number of aromatic nitrogens is 1. The zero-order chi connectivity index (χ0) is 19.0. The number of nitrogens with one attached hydrogen (secondary N) is 1. The van der Waals surface area contributed by atoms with E-state index in [4.69, 9.17) is 16.0 Å². The molecular weight excluding hydrogens is 360 g/mol. The average Bonchev–Trinajstić information content (AvgIpc) is 3.04. The van der Waals surface area contributed by atoms with Gasteiger partial charge in [-0.2, -0.15) is 0 Å². The highest BCUT2D eigenvalue weighted by Crippen LogP contribution is 2.28. The van der Waals surface area contributed by atoms with Crippen LogP contribution >= 0.6 is 11.6 Å². The number of nitrogens with zero attached hydrogens (tertiary/aromatic N) is 1. The number of hydrogen-bond donors (Lipinski definition) is 1. The summed E-state index contributed by atoms with van der Waals surface area (Å²) in [6.45, 7) is 3.95. The molecule has 4 aromatic rings. The standard InChI is InChI=1S/C22H17ClN2O2/c1-13-8-14(2)10-16(9-13)21(26)24-18-6-7-20-19(12-18)25-22(27-20)15-4-3-5-17(23)11-15/h3-12H,1-2H3,(H,24,26). The second-order valence-corrected chi connectivity index (χ2v) is 6.98. The first kappa shape index (κ1) is 17.3. The van der Waals surface area contributed by atoms with E-state index in [0.717, 1.165) is 16.7 Å². The van der Waals surface area contributed by atoms with Gasteiger partial charge in [0, 0.05) is 21.8 Å². The van der Waals surface area contributed by atoms with E-state index in [9.17, 15) is 4.79 Å². The second kappa shape index (κ2) is 6.89. The number of carbonyl (C=O) groups is 1. The van der Waals surface area contributed by atoms with Crippen LogP contribution in [-0.4, -0.2) is 10.9 Å². The minimum atomic E-state index is -0.153. The number of amides is 1. The lowest BCUT2D eigenvalue weighted by atomic mass is 10.1. The molecule has 0 spiro atoms. The van der Waals surface area contributed by atoms with Gasteiger partial charge in [0.15, 0.2) is 5.58 Å². The van der Waals surface area contributed by atoms with Crippen LogP contribution in [0.15, 0.2) is 65.1 Å². The first-order chi connectivity index (χ1) is 13.0. The highest BCUT2D eigenvalue weighted by atomic mass is 35.5. The zero-order valence-electron chi connectivity index (χ0n) is 14.9. The zero-order valence-corrected chi connectivity index (χ0v) is 15.7. The van der Waals surface area contributed by atoms with Gasteiger partial charge >= 0.3 is 0 Å². The van der Waals surface area contributed by atoms with E-state index in [1.165, 1.54) is 0 Å². The van der Waals surface area contributed by atoms with E-state index in [1.807, 2.05) is 44.2 Å². The maximum atomic E-state index is 12.5. The van der Waals surface area contributed by atoms with E-state index in [0.29, 0.717) is 33.3 Å². The molecule has 0 aliphatic carbocycles. The summed E-state index contributed by atoms with van der Waals surface area (Å²) in [7, 11) is 0. The lowest BCUT2D eigenvalue weighted by molar-refractivity contribution is 0.102. The third-order valence-corrected chi connectivity index (χ3v) is 4.44. The quantitative estimate of drug-likeness (QED) is 0.475. The monoisotopic (exact) mass is 376 g/mol. The number of anilines is 1. The molecule has 3 aromatic carbocycles. The smallest absolute Gasteiger partial charge is 0.255 e. The Bertz CT molecular complexity index is 1140. The minimum Gasteiger partial charge on any atom is -0.436 e. The van der Waals surface area contributed by atoms with Crippen molar-refractivity contribution in [1.29, 1.82) is 0 Å². The van der Waals surface area contributed by atoms with E-state index in [-0.39, 0.29) is 5.91 Å². The number of aryl methyl sites for hydroxylation is 2. The Morgan fingerprint density at radius 1 is 1.00 bits per heavy atom. The highest BCUT2D eigenvalue weighted by Gasteiger charge is 2.11. The van der Waals surface area contributed by atoms with Gasteiger partial charge in [0.05, 0.1) is 0 Å². The Balaban J connectivity index is 1.62. The summed E-state index contributed by atoms with van der Waals surface area (Å²) >= 11 is 6.04. The van der Waals surface area contributed by atoms with E-state index < -0.39 is 0 Å². The van der Waals surface area contributed by atoms with Crippen LogP contribution in [0.4, 0.5) is 5.69 Å². The summed E-state index contributed by atoms with van der Waals surface area (Å²) < 4.78 is 5.80. The molecule has 4 nitrogen and oxygen atoms in total. The molecule has 27 heavy (non-hydrogen) atoms. The van der Waals surface area contributed by atoms with Gasteiger partial charge < -0.3 is 9.73 Å². The van der Waals surface area contributed by atoms with Crippen molar-refractivity contribution in [3.63, 3.8) is 0 Å². The fourth-order valence-electron chi connectivity index (χ4n) is 3.06. The van der Waals surface area contributed by atoms with Gasteiger partial charge in [0.25, 0.3) is 5.91 Å². The third kappa shape index (κ3) is 3.71. The number of hydrogen-bond acceptors (Lipinski definition) is 3.